The summed E-state index contributed by atoms with van der Waals surface area (Å²) < 4.78 is 39.1. The molecular weight excluding hydrogens is 456 g/mol. The van der Waals surface area contributed by atoms with E-state index in [1.807, 2.05) is 6.07 Å². The second kappa shape index (κ2) is 9.17. The maximum Gasteiger partial charge on any atom is 0.303 e. The van der Waals surface area contributed by atoms with E-state index in [1.165, 1.54) is 17.4 Å². The molecule has 2 heterocycles. The number of carbonyl (C=O) groups is 1. The molecule has 172 valence electrons. The highest BCUT2D eigenvalue weighted by molar-refractivity contribution is 7.92. The fourth-order valence-corrected chi connectivity index (χ4v) is 5.80. The molecule has 0 fully saturated rings. The highest BCUT2D eigenvalue weighted by Crippen LogP contribution is 2.46. The van der Waals surface area contributed by atoms with Crippen LogP contribution in [0.5, 0.6) is 11.5 Å². The summed E-state index contributed by atoms with van der Waals surface area (Å²) in [5.74, 6) is 0.303. The number of nitrogens with one attached hydrogen (secondary N) is 1. The lowest BCUT2D eigenvalue weighted by Gasteiger charge is -2.22. The largest absolute Gasteiger partial charge is 0.481 e. The average Bonchev–Trinajstić information content (AvgIpc) is 3.20. The third kappa shape index (κ3) is 4.37. The molecular formula is C22H25ClN2O6S. The topological polar surface area (TPSA) is 105 Å². The predicted octanol–water partition coefficient (Wildman–Crippen LogP) is 3.92. The number of hydrogen-bond acceptors (Lipinski definition) is 6. The van der Waals surface area contributed by atoms with Gasteiger partial charge in [-0.1, -0.05) is 30.5 Å². The molecule has 0 saturated carbocycles. The Balaban J connectivity index is 1.66. The van der Waals surface area contributed by atoms with Crippen LogP contribution in [0.15, 0.2) is 35.2 Å². The summed E-state index contributed by atoms with van der Waals surface area (Å²) in [7, 11) is -2.32. The van der Waals surface area contributed by atoms with Gasteiger partial charge in [0, 0.05) is 30.1 Å². The Bertz CT molecular complexity index is 1140. The lowest BCUT2D eigenvalue weighted by atomic mass is 9.96. The molecule has 0 aliphatic carbocycles. The normalized spacial score (nSPS) is 18.1. The van der Waals surface area contributed by atoms with Crippen LogP contribution in [0.3, 0.4) is 0 Å². The van der Waals surface area contributed by atoms with Crippen LogP contribution < -0.4 is 19.1 Å². The summed E-state index contributed by atoms with van der Waals surface area (Å²) >= 11 is 6.16. The van der Waals surface area contributed by atoms with Gasteiger partial charge in [0.2, 0.25) is 6.79 Å². The zero-order chi connectivity index (χ0) is 22.9. The smallest absolute Gasteiger partial charge is 0.303 e. The van der Waals surface area contributed by atoms with E-state index in [9.17, 15) is 13.2 Å². The number of carboxylic acid groups (broad SMARTS) is 1. The second-order valence-corrected chi connectivity index (χ2v) is 10.2. The number of ether oxygens (including phenoxy) is 2. The predicted molar refractivity (Wildman–Crippen MR) is 120 cm³/mol. The van der Waals surface area contributed by atoms with Crippen molar-refractivity contribution in [3.63, 3.8) is 0 Å². The van der Waals surface area contributed by atoms with Gasteiger partial charge in [0.15, 0.2) is 11.5 Å². The van der Waals surface area contributed by atoms with Crippen molar-refractivity contribution in [2.24, 2.45) is 0 Å². The van der Waals surface area contributed by atoms with Gasteiger partial charge < -0.3 is 19.9 Å². The van der Waals surface area contributed by atoms with Crippen molar-refractivity contribution >= 4 is 33.3 Å². The van der Waals surface area contributed by atoms with Gasteiger partial charge in [-0.05, 0) is 43.1 Å². The number of halogens is 1. The van der Waals surface area contributed by atoms with Crippen LogP contribution >= 0.6 is 11.6 Å². The zero-order valence-electron chi connectivity index (χ0n) is 17.6. The Kier molecular flexibility index (Phi) is 6.50. The number of nitrogens with zero attached hydrogens (tertiary/aromatic N) is 1. The van der Waals surface area contributed by atoms with Crippen molar-refractivity contribution in [3.8, 4) is 11.5 Å². The van der Waals surface area contributed by atoms with Crippen LogP contribution in [-0.2, 0) is 14.8 Å². The minimum Gasteiger partial charge on any atom is -0.481 e. The van der Waals surface area contributed by atoms with Gasteiger partial charge in [-0.25, -0.2) is 8.42 Å². The van der Waals surface area contributed by atoms with E-state index < -0.39 is 22.0 Å². The molecule has 0 aromatic heterocycles. The Morgan fingerprint density at radius 3 is 2.59 bits per heavy atom. The number of aliphatic carboxylic acids is 1. The Morgan fingerprint density at radius 2 is 1.84 bits per heavy atom. The first kappa shape index (κ1) is 22.7. The first-order valence-corrected chi connectivity index (χ1v) is 12.3. The van der Waals surface area contributed by atoms with E-state index >= 15 is 0 Å². The van der Waals surface area contributed by atoms with Gasteiger partial charge in [0.1, 0.15) is 0 Å². The van der Waals surface area contributed by atoms with Crippen LogP contribution in [0.2, 0.25) is 5.02 Å². The van der Waals surface area contributed by atoms with E-state index in [0.717, 1.165) is 24.8 Å². The number of unbranched alkanes of at least 4 members (excludes halogenated alkanes) is 3. The SMILES string of the molecule is CN1c2cc3c(cc2C(NCCCCCCC(=O)O)c2ccc(Cl)cc2S1(=O)=O)OCO3. The van der Waals surface area contributed by atoms with Gasteiger partial charge in [-0.2, -0.15) is 0 Å². The molecule has 2 aromatic rings. The molecule has 10 heteroatoms. The van der Waals surface area contributed by atoms with Crippen LogP contribution in [-0.4, -0.2) is 39.9 Å². The fourth-order valence-electron chi connectivity index (χ4n) is 4.09. The molecule has 0 radical (unpaired) electrons. The summed E-state index contributed by atoms with van der Waals surface area (Å²) in [5.41, 5.74) is 1.90. The molecule has 8 nitrogen and oxygen atoms in total. The molecule has 0 saturated heterocycles. The fraction of sp³-hybridized carbons (Fsp3) is 0.409. The molecule has 2 aromatic carbocycles. The van der Waals surface area contributed by atoms with Crippen molar-refractivity contribution in [1.82, 2.24) is 5.32 Å². The van der Waals surface area contributed by atoms with Crippen LogP contribution in [0.25, 0.3) is 0 Å². The quantitative estimate of drug-likeness (QED) is 0.551. The van der Waals surface area contributed by atoms with Gasteiger partial charge in [0.05, 0.1) is 16.6 Å². The molecule has 0 bridgehead atoms. The summed E-state index contributed by atoms with van der Waals surface area (Å²) in [6.45, 7) is 0.729. The van der Waals surface area contributed by atoms with Crippen LogP contribution in [0.1, 0.15) is 49.3 Å². The highest BCUT2D eigenvalue weighted by Gasteiger charge is 2.36. The Morgan fingerprint density at radius 1 is 1.12 bits per heavy atom. The lowest BCUT2D eigenvalue weighted by molar-refractivity contribution is -0.137. The minimum absolute atomic E-state index is 0.0926. The highest BCUT2D eigenvalue weighted by atomic mass is 35.5. The molecule has 1 unspecified atom stereocenters. The summed E-state index contributed by atoms with van der Waals surface area (Å²) in [4.78, 5) is 10.8. The third-order valence-electron chi connectivity index (χ3n) is 5.76. The first-order valence-electron chi connectivity index (χ1n) is 10.5. The van der Waals surface area contributed by atoms with Gasteiger partial charge in [-0.15, -0.1) is 0 Å². The van der Waals surface area contributed by atoms with Gasteiger partial charge in [-0.3, -0.25) is 9.10 Å². The minimum atomic E-state index is -3.84. The van der Waals surface area contributed by atoms with Crippen molar-refractivity contribution in [1.29, 1.82) is 0 Å². The van der Waals surface area contributed by atoms with Crippen molar-refractivity contribution in [3.05, 3.63) is 46.5 Å². The molecule has 2 N–H and O–H groups in total. The van der Waals surface area contributed by atoms with E-state index in [1.54, 1.807) is 18.2 Å². The molecule has 2 aliphatic heterocycles. The Labute approximate surface area is 192 Å². The summed E-state index contributed by atoms with van der Waals surface area (Å²) in [6, 6.07) is 8.05. The van der Waals surface area contributed by atoms with Gasteiger partial charge >= 0.3 is 5.97 Å². The lowest BCUT2D eigenvalue weighted by Crippen LogP contribution is -2.26. The number of fused-ring (bicyclic) bond motifs is 3. The third-order valence-corrected chi connectivity index (χ3v) is 7.83. The molecule has 4 rings (SSSR count). The first-order chi connectivity index (χ1) is 15.3. The molecule has 0 amide bonds. The van der Waals surface area contributed by atoms with Crippen molar-refractivity contribution < 1.29 is 27.8 Å². The van der Waals surface area contributed by atoms with Crippen LogP contribution in [0, 0.1) is 0 Å². The standard InChI is InChI=1S/C22H25ClN2O6S/c1-25-17-12-19-18(30-13-31-19)11-16(17)22(24-9-5-3-2-4-6-21(26)27)15-8-7-14(23)10-20(15)32(25,28)29/h7-8,10-12,22,24H,2-6,9,13H2,1H3,(H,26,27). The van der Waals surface area contributed by atoms with Gasteiger partial charge in [0.25, 0.3) is 10.0 Å². The Hall–Kier alpha value is -2.49. The number of benzene rings is 2. The summed E-state index contributed by atoms with van der Waals surface area (Å²) in [6.07, 6.45) is 3.37. The number of rotatable bonds is 8. The zero-order valence-corrected chi connectivity index (χ0v) is 19.2. The molecule has 1 atom stereocenters. The van der Waals surface area contributed by atoms with Crippen molar-refractivity contribution in [2.75, 3.05) is 24.7 Å². The van der Waals surface area contributed by atoms with E-state index in [4.69, 9.17) is 26.2 Å². The summed E-state index contributed by atoms with van der Waals surface area (Å²) in [5, 5.41) is 12.6. The molecule has 32 heavy (non-hydrogen) atoms. The molecule has 0 spiro atoms. The number of anilines is 1. The van der Waals surface area contributed by atoms with Crippen LogP contribution in [0.4, 0.5) is 5.69 Å². The monoisotopic (exact) mass is 480 g/mol. The number of sulfonamides is 1. The van der Waals surface area contributed by atoms with Crippen molar-refractivity contribution in [2.45, 2.75) is 43.0 Å². The molecule has 2 aliphatic rings. The number of carboxylic acids is 1. The maximum absolute atomic E-state index is 13.4. The average molecular weight is 481 g/mol. The van der Waals surface area contributed by atoms with E-state index in [0.29, 0.717) is 40.7 Å². The van der Waals surface area contributed by atoms with E-state index in [2.05, 4.69) is 5.32 Å². The second-order valence-electron chi connectivity index (χ2n) is 7.86. The van der Waals surface area contributed by atoms with E-state index in [-0.39, 0.29) is 18.1 Å². The number of hydrogen-bond donors (Lipinski definition) is 2. The maximum atomic E-state index is 13.4.